The van der Waals surface area contributed by atoms with Crippen LogP contribution in [-0.4, -0.2) is 14.5 Å². The molecular formula is C14H12ClN3. The Balaban J connectivity index is 2.36. The van der Waals surface area contributed by atoms with Gasteiger partial charge >= 0.3 is 0 Å². The van der Waals surface area contributed by atoms with Gasteiger partial charge in [-0.15, -0.1) is 11.6 Å². The molecule has 0 atom stereocenters. The van der Waals surface area contributed by atoms with Gasteiger partial charge < -0.3 is 4.57 Å². The molecule has 18 heavy (non-hydrogen) atoms. The Morgan fingerprint density at radius 1 is 1.28 bits per heavy atom. The lowest BCUT2D eigenvalue weighted by molar-refractivity contribution is 0.975. The molecule has 2 aromatic heterocycles. The molecule has 0 aliphatic heterocycles. The Kier molecular flexibility index (Phi) is 2.76. The van der Waals surface area contributed by atoms with Crippen LogP contribution < -0.4 is 0 Å². The average molecular weight is 258 g/mol. The molecule has 0 N–H and O–H groups in total. The van der Waals surface area contributed by atoms with Crippen molar-refractivity contribution in [2.45, 2.75) is 12.8 Å². The molecule has 1 aromatic carbocycles. The number of para-hydroxylation sites is 1. The second kappa shape index (κ2) is 4.42. The van der Waals surface area contributed by atoms with Gasteiger partial charge in [0.1, 0.15) is 5.82 Å². The third-order valence-electron chi connectivity index (χ3n) is 2.97. The number of benzene rings is 1. The highest BCUT2D eigenvalue weighted by Crippen LogP contribution is 2.23. The Hall–Kier alpha value is -1.87. The van der Waals surface area contributed by atoms with Crippen molar-refractivity contribution in [2.75, 3.05) is 0 Å². The summed E-state index contributed by atoms with van der Waals surface area (Å²) < 4.78 is 2.06. The fourth-order valence-electron chi connectivity index (χ4n) is 2.11. The number of hydrogen-bond acceptors (Lipinski definition) is 2. The zero-order chi connectivity index (χ0) is 12.5. The van der Waals surface area contributed by atoms with E-state index in [0.29, 0.717) is 5.88 Å². The van der Waals surface area contributed by atoms with Gasteiger partial charge in [-0.1, -0.05) is 18.2 Å². The number of aromatic nitrogens is 3. The van der Waals surface area contributed by atoms with Gasteiger partial charge in [-0.25, -0.2) is 4.98 Å². The summed E-state index contributed by atoms with van der Waals surface area (Å²) in [6, 6.07) is 10.1. The first-order chi connectivity index (χ1) is 8.79. The molecule has 0 fully saturated rings. The fourth-order valence-corrected chi connectivity index (χ4v) is 2.25. The largest absolute Gasteiger partial charge is 0.303 e. The van der Waals surface area contributed by atoms with E-state index in [2.05, 4.69) is 20.6 Å². The van der Waals surface area contributed by atoms with Crippen LogP contribution in [0.2, 0.25) is 0 Å². The van der Waals surface area contributed by atoms with Gasteiger partial charge in [0.05, 0.1) is 22.8 Å². The highest BCUT2D eigenvalue weighted by molar-refractivity contribution is 6.17. The van der Waals surface area contributed by atoms with E-state index in [0.717, 1.165) is 28.1 Å². The van der Waals surface area contributed by atoms with E-state index in [1.807, 2.05) is 37.4 Å². The lowest BCUT2D eigenvalue weighted by atomic mass is 10.1. The van der Waals surface area contributed by atoms with Crippen LogP contribution in [0.1, 0.15) is 11.5 Å². The van der Waals surface area contributed by atoms with Gasteiger partial charge in [-0.05, 0) is 19.1 Å². The number of rotatable bonds is 2. The van der Waals surface area contributed by atoms with Crippen molar-refractivity contribution in [1.82, 2.24) is 14.5 Å². The zero-order valence-electron chi connectivity index (χ0n) is 9.97. The van der Waals surface area contributed by atoms with Crippen molar-refractivity contribution < 1.29 is 0 Å². The standard InChI is InChI=1S/C14H12ClN3/c1-10-16-6-7-18(10)14-8-11(9-15)17-13-5-3-2-4-12(13)14/h2-8H,9H2,1H3. The summed E-state index contributed by atoms with van der Waals surface area (Å²) in [5.74, 6) is 1.36. The minimum Gasteiger partial charge on any atom is -0.303 e. The van der Waals surface area contributed by atoms with Gasteiger partial charge in [-0.2, -0.15) is 0 Å². The van der Waals surface area contributed by atoms with E-state index in [1.165, 1.54) is 0 Å². The monoisotopic (exact) mass is 257 g/mol. The Morgan fingerprint density at radius 2 is 2.11 bits per heavy atom. The fraction of sp³-hybridized carbons (Fsp3) is 0.143. The molecule has 3 nitrogen and oxygen atoms in total. The summed E-state index contributed by atoms with van der Waals surface area (Å²) in [6.07, 6.45) is 3.75. The summed E-state index contributed by atoms with van der Waals surface area (Å²) in [5, 5.41) is 1.10. The lowest BCUT2D eigenvalue weighted by Gasteiger charge is -2.10. The third kappa shape index (κ3) is 1.77. The molecule has 3 aromatic rings. The predicted octanol–water partition coefficient (Wildman–Crippen LogP) is 3.47. The third-order valence-corrected chi connectivity index (χ3v) is 3.24. The molecule has 0 spiro atoms. The summed E-state index contributed by atoms with van der Waals surface area (Å²) >= 11 is 5.91. The molecule has 0 saturated heterocycles. The van der Waals surface area contributed by atoms with Crippen LogP contribution in [0.25, 0.3) is 16.6 Å². The summed E-state index contributed by atoms with van der Waals surface area (Å²) in [7, 11) is 0. The number of nitrogens with zero attached hydrogens (tertiary/aromatic N) is 3. The second-order valence-electron chi connectivity index (χ2n) is 4.13. The van der Waals surface area contributed by atoms with Gasteiger partial charge in [0.25, 0.3) is 0 Å². The van der Waals surface area contributed by atoms with Crippen molar-refractivity contribution in [3.8, 4) is 5.69 Å². The van der Waals surface area contributed by atoms with Crippen LogP contribution in [0.4, 0.5) is 0 Å². The topological polar surface area (TPSA) is 30.7 Å². The van der Waals surface area contributed by atoms with Crippen LogP contribution in [0.3, 0.4) is 0 Å². The minimum atomic E-state index is 0.408. The maximum Gasteiger partial charge on any atom is 0.110 e. The van der Waals surface area contributed by atoms with Crippen molar-refractivity contribution >= 4 is 22.5 Å². The summed E-state index contributed by atoms with van der Waals surface area (Å²) in [4.78, 5) is 8.79. The quantitative estimate of drug-likeness (QED) is 0.658. The van der Waals surface area contributed by atoms with Gasteiger partial charge in [-0.3, -0.25) is 4.98 Å². The smallest absolute Gasteiger partial charge is 0.110 e. The van der Waals surface area contributed by atoms with E-state index >= 15 is 0 Å². The molecule has 0 saturated carbocycles. The SMILES string of the molecule is Cc1nccn1-c1cc(CCl)nc2ccccc12. The van der Waals surface area contributed by atoms with Crippen molar-refractivity contribution in [3.63, 3.8) is 0 Å². The number of aryl methyl sites for hydroxylation is 1. The molecule has 0 aliphatic carbocycles. The Labute approximate surface area is 110 Å². The average Bonchev–Trinajstić information content (AvgIpc) is 2.83. The van der Waals surface area contributed by atoms with Crippen LogP contribution >= 0.6 is 11.6 Å². The zero-order valence-corrected chi connectivity index (χ0v) is 10.7. The van der Waals surface area contributed by atoms with E-state index in [1.54, 1.807) is 6.20 Å². The number of alkyl halides is 1. The normalized spacial score (nSPS) is 11.0. The maximum atomic E-state index is 5.91. The van der Waals surface area contributed by atoms with E-state index in [-0.39, 0.29) is 0 Å². The second-order valence-corrected chi connectivity index (χ2v) is 4.40. The van der Waals surface area contributed by atoms with Gasteiger partial charge in [0, 0.05) is 17.8 Å². The maximum absolute atomic E-state index is 5.91. The molecule has 0 radical (unpaired) electrons. The van der Waals surface area contributed by atoms with Gasteiger partial charge in [0.15, 0.2) is 0 Å². The molecule has 0 unspecified atom stereocenters. The van der Waals surface area contributed by atoms with Crippen molar-refractivity contribution in [1.29, 1.82) is 0 Å². The molecule has 90 valence electrons. The van der Waals surface area contributed by atoms with Gasteiger partial charge in [0.2, 0.25) is 0 Å². The Morgan fingerprint density at radius 3 is 2.83 bits per heavy atom. The summed E-state index contributed by atoms with van der Waals surface area (Å²) in [6.45, 7) is 1.98. The van der Waals surface area contributed by atoms with Crippen molar-refractivity contribution in [2.24, 2.45) is 0 Å². The van der Waals surface area contributed by atoms with Crippen LogP contribution in [0.15, 0.2) is 42.7 Å². The first kappa shape index (κ1) is 11.2. The van der Waals surface area contributed by atoms with E-state index < -0.39 is 0 Å². The molecule has 4 heteroatoms. The minimum absolute atomic E-state index is 0.408. The first-order valence-corrected chi connectivity index (χ1v) is 6.28. The lowest BCUT2D eigenvalue weighted by Crippen LogP contribution is -1.99. The molecule has 0 aliphatic rings. The molecule has 0 bridgehead atoms. The molecule has 0 amide bonds. The van der Waals surface area contributed by atoms with Crippen LogP contribution in [0.5, 0.6) is 0 Å². The van der Waals surface area contributed by atoms with Crippen LogP contribution in [-0.2, 0) is 5.88 Å². The summed E-state index contributed by atoms with van der Waals surface area (Å²) in [5.41, 5.74) is 2.91. The Bertz CT molecular complexity index is 703. The number of fused-ring (bicyclic) bond motifs is 1. The molecule has 3 rings (SSSR count). The van der Waals surface area contributed by atoms with E-state index in [4.69, 9.17) is 11.6 Å². The number of hydrogen-bond donors (Lipinski definition) is 0. The molecule has 2 heterocycles. The highest BCUT2D eigenvalue weighted by atomic mass is 35.5. The number of imidazole rings is 1. The molecular weight excluding hydrogens is 246 g/mol. The first-order valence-electron chi connectivity index (χ1n) is 5.74. The highest BCUT2D eigenvalue weighted by Gasteiger charge is 2.08. The predicted molar refractivity (Wildman–Crippen MR) is 73.2 cm³/mol. The number of halogens is 1. The van der Waals surface area contributed by atoms with E-state index in [9.17, 15) is 0 Å². The number of pyridine rings is 1. The van der Waals surface area contributed by atoms with Crippen molar-refractivity contribution in [3.05, 3.63) is 54.2 Å². The van der Waals surface area contributed by atoms with Crippen LogP contribution in [0, 0.1) is 6.92 Å².